The van der Waals surface area contributed by atoms with Crippen LogP contribution in [0, 0.1) is 6.92 Å². The molecule has 0 unspecified atom stereocenters. The largest absolute Gasteiger partial charge is 0.493 e. The number of benzene rings is 2. The molecule has 2 heterocycles. The number of methoxy groups -OCH3 is 1. The smallest absolute Gasteiger partial charge is 0.416 e. The highest BCUT2D eigenvalue weighted by Gasteiger charge is 2.31. The maximum Gasteiger partial charge on any atom is 0.416 e. The van der Waals surface area contributed by atoms with E-state index in [1.165, 1.54) is 19.2 Å². The lowest BCUT2D eigenvalue weighted by Crippen LogP contribution is -2.05. The van der Waals surface area contributed by atoms with Crippen LogP contribution in [0.15, 0.2) is 65.4 Å². The van der Waals surface area contributed by atoms with Crippen LogP contribution in [0.4, 0.5) is 18.9 Å². The highest BCUT2D eigenvalue weighted by Crippen LogP contribution is 2.44. The van der Waals surface area contributed by atoms with Crippen molar-refractivity contribution >= 4 is 16.6 Å². The first-order valence-electron chi connectivity index (χ1n) is 9.44. The molecule has 0 fully saturated rings. The Hall–Kier alpha value is -3.68. The molecule has 0 atom stereocenters. The third-order valence-electron chi connectivity index (χ3n) is 4.78. The third-order valence-corrected chi connectivity index (χ3v) is 4.78. The van der Waals surface area contributed by atoms with Gasteiger partial charge in [0.1, 0.15) is 11.5 Å². The maximum absolute atomic E-state index is 13.1. The average Bonchev–Trinajstić information content (AvgIpc) is 3.26. The van der Waals surface area contributed by atoms with E-state index >= 15 is 0 Å². The van der Waals surface area contributed by atoms with Crippen molar-refractivity contribution in [1.82, 2.24) is 4.98 Å². The summed E-state index contributed by atoms with van der Waals surface area (Å²) in [6.07, 6.45) is -1.22. The van der Waals surface area contributed by atoms with E-state index in [0.717, 1.165) is 23.5 Å². The van der Waals surface area contributed by atoms with E-state index in [1.54, 1.807) is 30.7 Å². The maximum atomic E-state index is 13.1. The second kappa shape index (κ2) is 8.22. The van der Waals surface area contributed by atoms with Crippen LogP contribution < -0.4 is 14.8 Å². The van der Waals surface area contributed by atoms with Gasteiger partial charge < -0.3 is 19.2 Å². The van der Waals surface area contributed by atoms with Crippen molar-refractivity contribution in [3.8, 4) is 17.2 Å². The van der Waals surface area contributed by atoms with Gasteiger partial charge in [-0.1, -0.05) is 6.07 Å². The Bertz CT molecular complexity index is 1200. The van der Waals surface area contributed by atoms with Crippen LogP contribution in [0.2, 0.25) is 0 Å². The van der Waals surface area contributed by atoms with E-state index in [0.29, 0.717) is 34.6 Å². The van der Waals surface area contributed by atoms with Crippen molar-refractivity contribution in [2.24, 2.45) is 0 Å². The zero-order valence-electron chi connectivity index (χ0n) is 16.8. The number of anilines is 1. The van der Waals surface area contributed by atoms with Gasteiger partial charge in [-0.05, 0) is 48.9 Å². The minimum absolute atomic E-state index is 0.0500. The summed E-state index contributed by atoms with van der Waals surface area (Å²) >= 11 is 0. The number of nitrogens with one attached hydrogen (secondary N) is 1. The lowest BCUT2D eigenvalue weighted by atomic mass is 10.1. The Morgan fingerprint density at radius 2 is 1.94 bits per heavy atom. The molecule has 2 aromatic carbocycles. The van der Waals surface area contributed by atoms with Gasteiger partial charge in [0.2, 0.25) is 0 Å². The standard InChI is InChI=1S/C23H19F3N2O3/c1-14-8-9-27-21-18(28-13-17-7-4-10-30-17)12-19(29-2)22(20(14)21)31-16-6-3-5-15(11-16)23(24,25)26/h3-12,28H,13H2,1-2H3. The number of aromatic nitrogens is 1. The molecule has 8 heteroatoms. The predicted octanol–water partition coefficient (Wildman–Crippen LogP) is 6.57. The van der Waals surface area contributed by atoms with Gasteiger partial charge in [0.05, 0.1) is 42.1 Å². The van der Waals surface area contributed by atoms with Crippen LogP contribution >= 0.6 is 0 Å². The fourth-order valence-corrected chi connectivity index (χ4v) is 3.27. The summed E-state index contributed by atoms with van der Waals surface area (Å²) in [6.45, 7) is 2.30. The fraction of sp³-hybridized carbons (Fsp3) is 0.174. The zero-order valence-corrected chi connectivity index (χ0v) is 16.8. The molecule has 4 aromatic rings. The summed E-state index contributed by atoms with van der Waals surface area (Å²) in [5.74, 6) is 1.45. The van der Waals surface area contributed by atoms with Crippen molar-refractivity contribution in [1.29, 1.82) is 0 Å². The van der Waals surface area contributed by atoms with Gasteiger partial charge in [-0.15, -0.1) is 0 Å². The number of pyridine rings is 1. The minimum Gasteiger partial charge on any atom is -0.493 e. The van der Waals surface area contributed by atoms with E-state index in [-0.39, 0.29) is 5.75 Å². The van der Waals surface area contributed by atoms with Crippen LogP contribution in [0.5, 0.6) is 17.2 Å². The second-order valence-electron chi connectivity index (χ2n) is 6.87. The summed E-state index contributed by atoms with van der Waals surface area (Å²) < 4.78 is 56.2. The van der Waals surface area contributed by atoms with Crippen molar-refractivity contribution in [2.45, 2.75) is 19.6 Å². The molecule has 31 heavy (non-hydrogen) atoms. The number of ether oxygens (including phenoxy) is 2. The number of nitrogens with zero attached hydrogens (tertiary/aromatic N) is 1. The Morgan fingerprint density at radius 3 is 2.65 bits per heavy atom. The molecule has 1 N–H and O–H groups in total. The molecule has 0 bridgehead atoms. The van der Waals surface area contributed by atoms with Crippen LogP contribution in [0.1, 0.15) is 16.9 Å². The monoisotopic (exact) mass is 428 g/mol. The van der Waals surface area contributed by atoms with Crippen molar-refractivity contribution in [2.75, 3.05) is 12.4 Å². The van der Waals surface area contributed by atoms with Gasteiger partial charge in [-0.2, -0.15) is 13.2 Å². The Balaban J connectivity index is 1.79. The zero-order chi connectivity index (χ0) is 22.0. The van der Waals surface area contributed by atoms with Crippen molar-refractivity contribution in [3.05, 3.63) is 77.9 Å². The number of rotatable bonds is 6. The van der Waals surface area contributed by atoms with E-state index < -0.39 is 11.7 Å². The number of fused-ring (bicyclic) bond motifs is 1. The molecule has 0 amide bonds. The summed E-state index contributed by atoms with van der Waals surface area (Å²) in [4.78, 5) is 4.47. The topological polar surface area (TPSA) is 56.5 Å². The third kappa shape index (κ3) is 4.28. The van der Waals surface area contributed by atoms with Gasteiger partial charge in [-0.25, -0.2) is 0 Å². The van der Waals surface area contributed by atoms with E-state index in [4.69, 9.17) is 13.9 Å². The molecule has 0 saturated carbocycles. The Morgan fingerprint density at radius 1 is 1.10 bits per heavy atom. The Labute approximate surface area is 176 Å². The van der Waals surface area contributed by atoms with Gasteiger partial charge in [0.25, 0.3) is 0 Å². The molecule has 4 rings (SSSR count). The number of hydrogen-bond acceptors (Lipinski definition) is 5. The molecular formula is C23H19F3N2O3. The molecule has 160 valence electrons. The Kier molecular flexibility index (Phi) is 5.46. The summed E-state index contributed by atoms with van der Waals surface area (Å²) in [6, 6.07) is 11.9. The van der Waals surface area contributed by atoms with Gasteiger partial charge in [-0.3, -0.25) is 4.98 Å². The van der Waals surface area contributed by atoms with Crippen LogP contribution in [-0.2, 0) is 12.7 Å². The van der Waals surface area contributed by atoms with Gasteiger partial charge in [0.15, 0.2) is 11.5 Å². The number of furan rings is 1. The van der Waals surface area contributed by atoms with Gasteiger partial charge in [0, 0.05) is 12.3 Å². The predicted molar refractivity (Wildman–Crippen MR) is 111 cm³/mol. The first-order valence-corrected chi connectivity index (χ1v) is 9.44. The lowest BCUT2D eigenvalue weighted by Gasteiger charge is -2.18. The average molecular weight is 428 g/mol. The molecule has 0 spiro atoms. The minimum atomic E-state index is -4.47. The number of hydrogen-bond donors (Lipinski definition) is 1. The highest BCUT2D eigenvalue weighted by atomic mass is 19.4. The molecule has 2 aromatic heterocycles. The first-order chi connectivity index (χ1) is 14.9. The lowest BCUT2D eigenvalue weighted by molar-refractivity contribution is -0.137. The molecule has 0 aliphatic carbocycles. The van der Waals surface area contributed by atoms with E-state index in [1.807, 2.05) is 13.0 Å². The number of aryl methyl sites for hydroxylation is 1. The quantitative estimate of drug-likeness (QED) is 0.377. The van der Waals surface area contributed by atoms with Crippen molar-refractivity contribution in [3.63, 3.8) is 0 Å². The first kappa shape index (κ1) is 20.6. The number of alkyl halides is 3. The van der Waals surface area contributed by atoms with Crippen LogP contribution in [0.25, 0.3) is 10.9 Å². The van der Waals surface area contributed by atoms with Crippen LogP contribution in [-0.4, -0.2) is 12.1 Å². The summed E-state index contributed by atoms with van der Waals surface area (Å²) in [5.41, 5.74) is 1.34. The van der Waals surface area contributed by atoms with E-state index in [9.17, 15) is 13.2 Å². The van der Waals surface area contributed by atoms with Crippen molar-refractivity contribution < 1.29 is 27.1 Å². The van der Waals surface area contributed by atoms with E-state index in [2.05, 4.69) is 10.3 Å². The molecule has 5 nitrogen and oxygen atoms in total. The fourth-order valence-electron chi connectivity index (χ4n) is 3.27. The SMILES string of the molecule is COc1cc(NCc2ccco2)c2nccc(C)c2c1Oc1cccc(C(F)(F)F)c1. The molecular weight excluding hydrogens is 409 g/mol. The molecule has 0 saturated heterocycles. The summed E-state index contributed by atoms with van der Waals surface area (Å²) in [7, 11) is 1.47. The highest BCUT2D eigenvalue weighted by molar-refractivity contribution is 5.99. The van der Waals surface area contributed by atoms with Crippen LogP contribution in [0.3, 0.4) is 0 Å². The normalized spacial score (nSPS) is 11.5. The molecule has 0 aliphatic rings. The number of halogens is 3. The molecule has 0 radical (unpaired) electrons. The summed E-state index contributed by atoms with van der Waals surface area (Å²) in [5, 5.41) is 3.91. The second-order valence-corrected chi connectivity index (χ2v) is 6.87. The van der Waals surface area contributed by atoms with Gasteiger partial charge >= 0.3 is 6.18 Å². The molecule has 0 aliphatic heterocycles.